The van der Waals surface area contributed by atoms with Crippen LogP contribution in [0.1, 0.15) is 0 Å². The number of hydrogen-bond acceptors (Lipinski definition) is 4. The van der Waals surface area contributed by atoms with E-state index in [1.54, 1.807) is 0 Å². The van der Waals surface area contributed by atoms with Gasteiger partial charge in [-0.15, -0.1) is 0 Å². The molecule has 60 valence electrons. The van der Waals surface area contributed by atoms with Gasteiger partial charge in [-0.2, -0.15) is 0 Å². The molecule has 1 aliphatic rings. The molecule has 5 heteroatoms. The summed E-state index contributed by atoms with van der Waals surface area (Å²) in [5, 5.41) is 7.60. The zero-order chi connectivity index (χ0) is 8.69. The van der Waals surface area contributed by atoms with Crippen molar-refractivity contribution in [1.29, 1.82) is 0 Å². The minimum Gasteiger partial charge on any atom is -0.478 e. The first kappa shape index (κ1) is 9.90. The third kappa shape index (κ3) is 6.79. The summed E-state index contributed by atoms with van der Waals surface area (Å²) >= 11 is 1.30. The summed E-state index contributed by atoms with van der Waals surface area (Å²) in [6.45, 7) is 2.96. The predicted molar refractivity (Wildman–Crippen MR) is 43.8 cm³/mol. The molecule has 0 saturated carbocycles. The number of carbonyl (C=O) groups excluding carboxylic acids is 1. The van der Waals surface area contributed by atoms with Gasteiger partial charge in [0.25, 0.3) is 0 Å². The van der Waals surface area contributed by atoms with Crippen LogP contribution in [-0.2, 0) is 9.59 Å². The van der Waals surface area contributed by atoms with Gasteiger partial charge in [0, 0.05) is 6.08 Å². The first-order valence-corrected chi connectivity index (χ1v) is 3.64. The van der Waals surface area contributed by atoms with E-state index in [2.05, 4.69) is 11.0 Å². The molecule has 0 atom stereocenters. The normalized spacial score (nSPS) is 13.6. The quantitative estimate of drug-likeness (QED) is 0.464. The van der Waals surface area contributed by atoms with Gasteiger partial charge in [0.1, 0.15) is 0 Å². The number of hydrogen-bond donors (Lipinski definition) is 1. The van der Waals surface area contributed by atoms with Crippen LogP contribution in [-0.4, -0.2) is 28.8 Å². The van der Waals surface area contributed by atoms with Gasteiger partial charge in [0.15, 0.2) is 5.78 Å². The van der Waals surface area contributed by atoms with Crippen LogP contribution >= 0.6 is 11.9 Å². The number of Topliss-reactive ketones (excluding diaryl/α,β-unsaturated/α-hetero) is 1. The Labute approximate surface area is 68.1 Å². The van der Waals surface area contributed by atoms with Crippen molar-refractivity contribution in [2.75, 3.05) is 5.75 Å². The molecule has 0 radical (unpaired) electrons. The van der Waals surface area contributed by atoms with E-state index >= 15 is 0 Å². The van der Waals surface area contributed by atoms with Crippen molar-refractivity contribution in [1.82, 2.24) is 0 Å². The summed E-state index contributed by atoms with van der Waals surface area (Å²) in [5.74, 6) is -0.315. The van der Waals surface area contributed by atoms with E-state index in [4.69, 9.17) is 5.11 Å². The number of carbonyl (C=O) groups is 2. The number of nitrogens with zero attached hydrogens (tertiary/aromatic N) is 1. The smallest absolute Gasteiger partial charge is 0.327 e. The molecule has 4 nitrogen and oxygen atoms in total. The molecule has 0 aromatic carbocycles. The fourth-order valence-corrected chi connectivity index (χ4v) is 0.703. The topological polar surface area (TPSA) is 66.7 Å². The van der Waals surface area contributed by atoms with Gasteiger partial charge in [0.05, 0.1) is 12.0 Å². The Morgan fingerprint density at radius 1 is 1.91 bits per heavy atom. The molecule has 1 heterocycles. The molecular weight excluding hydrogens is 166 g/mol. The second kappa shape index (κ2) is 5.67. The minimum absolute atomic E-state index is 0.125. The summed E-state index contributed by atoms with van der Waals surface area (Å²) in [6.07, 6.45) is 2.19. The molecule has 1 N–H and O–H groups in total. The standard InChI is InChI=1S/C3H3NOS.C3H4O2/c5-3-1-4-6-2-3;1-2-3(4)5/h1H,2H2;2H,1H2,(H,4,5). The lowest BCUT2D eigenvalue weighted by Crippen LogP contribution is -1.93. The first-order valence-electron chi connectivity index (χ1n) is 2.70. The molecule has 0 bridgehead atoms. The second-order valence-corrected chi connectivity index (χ2v) is 2.27. The van der Waals surface area contributed by atoms with Gasteiger partial charge >= 0.3 is 5.97 Å². The van der Waals surface area contributed by atoms with Crippen LogP contribution < -0.4 is 0 Å². The Hall–Kier alpha value is -1.10. The highest BCUT2D eigenvalue weighted by Gasteiger charge is 2.01. The van der Waals surface area contributed by atoms with Crippen molar-refractivity contribution in [3.63, 3.8) is 0 Å². The van der Waals surface area contributed by atoms with Crippen LogP contribution in [0.15, 0.2) is 17.1 Å². The molecule has 0 fully saturated rings. The molecular formula is C6H7NO3S. The molecule has 1 rings (SSSR count). The molecule has 0 amide bonds. The molecule has 0 aromatic rings. The Kier molecular flexibility index (Phi) is 5.10. The average Bonchev–Trinajstić information content (AvgIpc) is 2.41. The van der Waals surface area contributed by atoms with Crippen molar-refractivity contribution < 1.29 is 14.7 Å². The van der Waals surface area contributed by atoms with Crippen LogP contribution in [0.25, 0.3) is 0 Å². The van der Waals surface area contributed by atoms with E-state index in [9.17, 15) is 9.59 Å². The number of carboxylic acids is 1. The lowest BCUT2D eigenvalue weighted by molar-refractivity contribution is -0.131. The lowest BCUT2D eigenvalue weighted by Gasteiger charge is -1.67. The van der Waals surface area contributed by atoms with Gasteiger partial charge < -0.3 is 5.11 Å². The van der Waals surface area contributed by atoms with Gasteiger partial charge in [-0.25, -0.2) is 9.19 Å². The van der Waals surface area contributed by atoms with Crippen molar-refractivity contribution in [2.24, 2.45) is 4.40 Å². The Bertz CT molecular complexity index is 200. The van der Waals surface area contributed by atoms with Gasteiger partial charge in [-0.3, -0.25) is 4.79 Å². The highest BCUT2D eigenvalue weighted by Crippen LogP contribution is 2.05. The monoisotopic (exact) mass is 173 g/mol. The zero-order valence-corrected chi connectivity index (χ0v) is 6.50. The molecule has 11 heavy (non-hydrogen) atoms. The highest BCUT2D eigenvalue weighted by molar-refractivity contribution is 7.99. The van der Waals surface area contributed by atoms with Crippen LogP contribution in [0.4, 0.5) is 0 Å². The Balaban J connectivity index is 0.000000187. The number of carboxylic acid groups (broad SMARTS) is 1. The molecule has 0 aromatic heterocycles. The fraction of sp³-hybridized carbons (Fsp3) is 0.167. The number of aliphatic carboxylic acids is 1. The number of rotatable bonds is 1. The first-order chi connectivity index (χ1) is 5.16. The van der Waals surface area contributed by atoms with E-state index in [-0.39, 0.29) is 5.78 Å². The summed E-state index contributed by atoms with van der Waals surface area (Å²) < 4.78 is 3.61. The maximum Gasteiger partial charge on any atom is 0.327 e. The Morgan fingerprint density at radius 3 is 2.55 bits per heavy atom. The summed E-state index contributed by atoms with van der Waals surface area (Å²) in [7, 11) is 0. The van der Waals surface area contributed by atoms with Crippen LogP contribution in [0.3, 0.4) is 0 Å². The van der Waals surface area contributed by atoms with Crippen molar-refractivity contribution in [3.8, 4) is 0 Å². The highest BCUT2D eigenvalue weighted by atomic mass is 32.2. The van der Waals surface area contributed by atoms with Gasteiger partial charge in [-0.05, 0) is 11.9 Å². The summed E-state index contributed by atoms with van der Waals surface area (Å²) in [6, 6.07) is 0. The van der Waals surface area contributed by atoms with Gasteiger partial charge in [-0.1, -0.05) is 6.58 Å². The van der Waals surface area contributed by atoms with Crippen molar-refractivity contribution >= 4 is 29.9 Å². The molecule has 1 aliphatic heterocycles. The average molecular weight is 173 g/mol. The number of ketones is 1. The molecule has 0 aliphatic carbocycles. The summed E-state index contributed by atoms with van der Waals surface area (Å²) in [4.78, 5) is 19.3. The van der Waals surface area contributed by atoms with E-state index < -0.39 is 5.97 Å². The van der Waals surface area contributed by atoms with Crippen molar-refractivity contribution in [3.05, 3.63) is 12.7 Å². The molecule has 0 spiro atoms. The van der Waals surface area contributed by atoms with E-state index in [0.717, 1.165) is 6.08 Å². The van der Waals surface area contributed by atoms with Crippen LogP contribution in [0.5, 0.6) is 0 Å². The maximum absolute atomic E-state index is 10.1. The maximum atomic E-state index is 10.1. The fourth-order valence-electron chi connectivity index (χ4n) is 0.234. The van der Waals surface area contributed by atoms with Crippen molar-refractivity contribution in [2.45, 2.75) is 0 Å². The molecule has 0 unspecified atom stereocenters. The summed E-state index contributed by atoms with van der Waals surface area (Å²) in [5.41, 5.74) is 0. The largest absolute Gasteiger partial charge is 0.478 e. The van der Waals surface area contributed by atoms with Crippen LogP contribution in [0.2, 0.25) is 0 Å². The third-order valence-electron chi connectivity index (χ3n) is 0.653. The van der Waals surface area contributed by atoms with E-state index in [1.807, 2.05) is 0 Å². The Morgan fingerprint density at radius 2 is 2.45 bits per heavy atom. The van der Waals surface area contributed by atoms with Crippen LogP contribution in [0, 0.1) is 0 Å². The minimum atomic E-state index is -0.981. The van der Waals surface area contributed by atoms with E-state index in [0.29, 0.717) is 5.75 Å². The lowest BCUT2D eigenvalue weighted by atomic mass is 10.5. The van der Waals surface area contributed by atoms with E-state index in [1.165, 1.54) is 18.2 Å². The van der Waals surface area contributed by atoms with Gasteiger partial charge in [0.2, 0.25) is 0 Å². The second-order valence-electron chi connectivity index (χ2n) is 1.52. The predicted octanol–water partition coefficient (Wildman–Crippen LogP) is 0.545. The SMILES string of the molecule is C=CC(=O)O.O=C1C=NSC1. The third-order valence-corrected chi connectivity index (χ3v) is 1.32. The molecule has 0 saturated heterocycles. The zero-order valence-electron chi connectivity index (χ0n) is 5.69.